The number of carbonyl (C=O) groups excluding carboxylic acids is 2. The number of allylic oxidation sites excluding steroid dienone is 1. The average molecular weight is 313 g/mol. The Labute approximate surface area is 137 Å². The summed E-state index contributed by atoms with van der Waals surface area (Å²) in [5, 5.41) is 1.82. The molecule has 2 aliphatic rings. The lowest BCUT2D eigenvalue weighted by Crippen LogP contribution is -2.58. The van der Waals surface area contributed by atoms with Crippen LogP contribution in [0, 0.1) is 0 Å². The van der Waals surface area contributed by atoms with Crippen LogP contribution < -0.4 is 0 Å². The highest BCUT2D eigenvalue weighted by molar-refractivity contribution is 6.30. The molecule has 1 heterocycles. The van der Waals surface area contributed by atoms with Gasteiger partial charge in [0.2, 0.25) is 0 Å². The first-order valence-electron chi connectivity index (χ1n) is 8.10. The maximum absolute atomic E-state index is 12.7. The van der Waals surface area contributed by atoms with Gasteiger partial charge in [0.25, 0.3) is 0 Å². The van der Waals surface area contributed by atoms with Crippen molar-refractivity contribution in [3.63, 3.8) is 0 Å². The van der Waals surface area contributed by atoms with Crippen molar-refractivity contribution in [2.24, 2.45) is 0 Å². The molecule has 4 nitrogen and oxygen atoms in total. The fourth-order valence-electron chi connectivity index (χ4n) is 3.74. The van der Waals surface area contributed by atoms with Crippen LogP contribution in [0.2, 0.25) is 0 Å². The molecule has 3 rings (SSSR count). The quantitative estimate of drug-likeness (QED) is 0.834. The van der Waals surface area contributed by atoms with Gasteiger partial charge in [-0.15, -0.1) is 5.06 Å². The lowest BCUT2D eigenvalue weighted by molar-refractivity contribution is -0.260. The largest absolute Gasteiger partial charge is 0.363 e. The molecule has 0 N–H and O–H groups in total. The molecule has 1 saturated heterocycles. The van der Waals surface area contributed by atoms with Crippen molar-refractivity contribution in [2.75, 3.05) is 0 Å². The van der Waals surface area contributed by atoms with Crippen LogP contribution in [0.1, 0.15) is 62.9 Å². The van der Waals surface area contributed by atoms with Crippen molar-refractivity contribution in [3.05, 3.63) is 41.5 Å². The molecular formula is C19H23NO3. The predicted octanol–water partition coefficient (Wildman–Crippen LogP) is 3.77. The number of rotatable bonds is 2. The molecule has 1 fully saturated rings. The first-order valence-corrected chi connectivity index (χ1v) is 8.10. The number of carbonyl (C=O) groups is 2. The Kier molecular flexibility index (Phi) is 3.68. The number of hydrogen-bond donors (Lipinski definition) is 0. The molecule has 0 saturated carbocycles. The van der Waals surface area contributed by atoms with Crippen LogP contribution in [0.25, 0.3) is 5.57 Å². The van der Waals surface area contributed by atoms with E-state index >= 15 is 0 Å². The zero-order valence-electron chi connectivity index (χ0n) is 14.2. The van der Waals surface area contributed by atoms with E-state index in [0.717, 1.165) is 19.3 Å². The summed E-state index contributed by atoms with van der Waals surface area (Å²) in [5.41, 5.74) is 1.13. The minimum atomic E-state index is -0.452. The van der Waals surface area contributed by atoms with Gasteiger partial charge in [0.1, 0.15) is 0 Å². The Morgan fingerprint density at radius 3 is 2.22 bits per heavy atom. The van der Waals surface area contributed by atoms with Crippen LogP contribution in [0.3, 0.4) is 0 Å². The number of hydrogen-bond acceptors (Lipinski definition) is 4. The summed E-state index contributed by atoms with van der Waals surface area (Å²) in [5.74, 6) is -0.587. The molecular weight excluding hydrogens is 290 g/mol. The van der Waals surface area contributed by atoms with Crippen molar-refractivity contribution in [1.82, 2.24) is 5.06 Å². The summed E-state index contributed by atoms with van der Waals surface area (Å²) in [6, 6.07) is 7.16. The van der Waals surface area contributed by atoms with Gasteiger partial charge in [0.15, 0.2) is 5.78 Å². The molecule has 0 bridgehead atoms. The Morgan fingerprint density at radius 1 is 1.04 bits per heavy atom. The minimum absolute atomic E-state index is 0.135. The summed E-state index contributed by atoms with van der Waals surface area (Å²) < 4.78 is 0. The lowest BCUT2D eigenvalue weighted by Gasteiger charge is -2.50. The topological polar surface area (TPSA) is 46.6 Å². The SMILES string of the molecule is CC1(C)CCCC(C)(C)N1OC(=O)C1=CC(=O)c2ccccc21. The number of ketones is 1. The summed E-state index contributed by atoms with van der Waals surface area (Å²) in [6.45, 7) is 8.35. The number of hydroxylamine groups is 2. The number of benzene rings is 1. The summed E-state index contributed by atoms with van der Waals surface area (Å²) in [4.78, 5) is 30.5. The highest BCUT2D eigenvalue weighted by atomic mass is 16.7. The molecule has 1 aliphatic carbocycles. The van der Waals surface area contributed by atoms with Gasteiger partial charge in [0, 0.05) is 17.2 Å². The first kappa shape index (κ1) is 15.9. The van der Waals surface area contributed by atoms with Crippen LogP contribution >= 0.6 is 0 Å². The van der Waals surface area contributed by atoms with Gasteiger partial charge in [-0.05, 0) is 47.0 Å². The Bertz CT molecular complexity index is 684. The standard InChI is InChI=1S/C19H23NO3/c1-18(2)10-7-11-19(3,4)20(18)23-17(22)15-12-16(21)14-9-6-5-8-13(14)15/h5-6,8-9,12H,7,10-11H2,1-4H3. The van der Waals surface area contributed by atoms with Gasteiger partial charge in [-0.2, -0.15) is 0 Å². The van der Waals surface area contributed by atoms with Gasteiger partial charge in [-0.3, -0.25) is 4.79 Å². The normalized spacial score (nSPS) is 22.4. The Hall–Kier alpha value is -1.94. The van der Waals surface area contributed by atoms with Gasteiger partial charge < -0.3 is 4.84 Å². The third-order valence-corrected chi connectivity index (χ3v) is 4.83. The van der Waals surface area contributed by atoms with E-state index in [2.05, 4.69) is 27.7 Å². The maximum atomic E-state index is 12.7. The van der Waals surface area contributed by atoms with E-state index < -0.39 is 5.97 Å². The lowest BCUT2D eigenvalue weighted by atomic mass is 9.82. The predicted molar refractivity (Wildman–Crippen MR) is 88.7 cm³/mol. The molecule has 0 amide bonds. The molecule has 1 aromatic rings. The van der Waals surface area contributed by atoms with Gasteiger partial charge >= 0.3 is 5.97 Å². The molecule has 122 valence electrons. The van der Waals surface area contributed by atoms with Crippen LogP contribution in [-0.4, -0.2) is 27.9 Å². The average Bonchev–Trinajstić information content (AvgIpc) is 2.80. The highest BCUT2D eigenvalue weighted by Gasteiger charge is 2.45. The highest BCUT2D eigenvalue weighted by Crippen LogP contribution is 2.39. The first-order chi connectivity index (χ1) is 10.7. The summed E-state index contributed by atoms with van der Waals surface area (Å²) >= 11 is 0. The number of fused-ring (bicyclic) bond motifs is 1. The molecule has 1 aromatic carbocycles. The molecule has 23 heavy (non-hydrogen) atoms. The van der Waals surface area contributed by atoms with E-state index in [0.29, 0.717) is 16.7 Å². The van der Waals surface area contributed by atoms with Crippen LogP contribution in [0.4, 0.5) is 0 Å². The van der Waals surface area contributed by atoms with Crippen molar-refractivity contribution in [1.29, 1.82) is 0 Å². The molecule has 0 spiro atoms. The van der Waals surface area contributed by atoms with Crippen LogP contribution in [-0.2, 0) is 9.63 Å². The molecule has 0 atom stereocenters. The minimum Gasteiger partial charge on any atom is -0.363 e. The molecule has 0 unspecified atom stereocenters. The maximum Gasteiger partial charge on any atom is 0.357 e. The third-order valence-electron chi connectivity index (χ3n) is 4.83. The van der Waals surface area contributed by atoms with E-state index in [1.807, 2.05) is 11.1 Å². The van der Waals surface area contributed by atoms with Crippen LogP contribution in [0.15, 0.2) is 30.3 Å². The zero-order valence-corrected chi connectivity index (χ0v) is 14.2. The molecule has 4 heteroatoms. The van der Waals surface area contributed by atoms with Gasteiger partial charge in [0.05, 0.1) is 16.7 Å². The van der Waals surface area contributed by atoms with Gasteiger partial charge in [-0.1, -0.05) is 24.3 Å². The Balaban J connectivity index is 1.88. The van der Waals surface area contributed by atoms with Crippen molar-refractivity contribution < 1.29 is 14.4 Å². The second-order valence-electron chi connectivity index (χ2n) is 7.62. The second kappa shape index (κ2) is 5.31. The van der Waals surface area contributed by atoms with Crippen LogP contribution in [0.5, 0.6) is 0 Å². The second-order valence-corrected chi connectivity index (χ2v) is 7.62. The summed E-state index contributed by atoms with van der Waals surface area (Å²) in [6.07, 6.45) is 4.44. The van der Waals surface area contributed by atoms with Crippen molar-refractivity contribution in [3.8, 4) is 0 Å². The molecule has 1 aliphatic heterocycles. The van der Waals surface area contributed by atoms with E-state index in [9.17, 15) is 9.59 Å². The van der Waals surface area contributed by atoms with E-state index in [-0.39, 0.29) is 16.9 Å². The number of piperidine rings is 1. The monoisotopic (exact) mass is 313 g/mol. The summed E-state index contributed by atoms with van der Waals surface area (Å²) in [7, 11) is 0. The smallest absolute Gasteiger partial charge is 0.357 e. The van der Waals surface area contributed by atoms with E-state index in [4.69, 9.17) is 4.84 Å². The molecule has 0 aromatic heterocycles. The zero-order chi connectivity index (χ0) is 16.8. The third kappa shape index (κ3) is 2.72. The van der Waals surface area contributed by atoms with Crippen molar-refractivity contribution >= 4 is 17.3 Å². The fourth-order valence-corrected chi connectivity index (χ4v) is 3.74. The van der Waals surface area contributed by atoms with E-state index in [1.54, 1.807) is 18.2 Å². The van der Waals surface area contributed by atoms with Gasteiger partial charge in [-0.25, -0.2) is 4.79 Å². The fraction of sp³-hybridized carbons (Fsp3) is 0.474. The Morgan fingerprint density at radius 2 is 1.61 bits per heavy atom. The van der Waals surface area contributed by atoms with E-state index in [1.165, 1.54) is 6.08 Å². The molecule has 0 radical (unpaired) electrons. The van der Waals surface area contributed by atoms with Crippen molar-refractivity contribution in [2.45, 2.75) is 58.0 Å². The number of nitrogens with zero attached hydrogens (tertiary/aromatic N) is 1.